The highest BCUT2D eigenvalue weighted by molar-refractivity contribution is 6.17. The standard InChI is InChI=1S/C24H32N4O2/c1-4-17-10-7-8-14-28(17)15-9-13-25-23(29)19-16-26(2)24(30)22-21(19)18-11-5-6-12-20(18)27(22)3/h5-6,11-12,16-17H,4,7-10,13-15H2,1-3H3,(H,25,29)/t17-/m0/s1. The van der Waals surface area contributed by atoms with Gasteiger partial charge in [0.25, 0.3) is 11.5 Å². The van der Waals surface area contributed by atoms with Gasteiger partial charge in [-0.1, -0.05) is 31.5 Å². The maximum atomic E-state index is 13.1. The second kappa shape index (κ2) is 8.64. The number of pyridine rings is 1. The number of nitrogens with zero attached hydrogens (tertiary/aromatic N) is 3. The Morgan fingerprint density at radius 3 is 2.80 bits per heavy atom. The molecule has 3 aromatic rings. The normalized spacial score (nSPS) is 17.6. The van der Waals surface area contributed by atoms with Crippen molar-refractivity contribution in [3.63, 3.8) is 0 Å². The molecule has 0 radical (unpaired) electrons. The number of fused-ring (bicyclic) bond motifs is 3. The van der Waals surface area contributed by atoms with Crippen LogP contribution in [-0.4, -0.2) is 45.6 Å². The highest BCUT2D eigenvalue weighted by Gasteiger charge is 2.21. The van der Waals surface area contributed by atoms with Crippen molar-refractivity contribution in [2.75, 3.05) is 19.6 Å². The van der Waals surface area contributed by atoms with Gasteiger partial charge in [-0.05, 0) is 38.3 Å². The van der Waals surface area contributed by atoms with Crippen LogP contribution in [0.15, 0.2) is 35.3 Å². The summed E-state index contributed by atoms with van der Waals surface area (Å²) in [5.74, 6) is -0.113. The molecule has 0 unspecified atom stereocenters. The van der Waals surface area contributed by atoms with Gasteiger partial charge >= 0.3 is 0 Å². The van der Waals surface area contributed by atoms with Gasteiger partial charge in [-0.2, -0.15) is 0 Å². The van der Waals surface area contributed by atoms with E-state index in [9.17, 15) is 9.59 Å². The Balaban J connectivity index is 1.54. The van der Waals surface area contributed by atoms with Gasteiger partial charge in [0.15, 0.2) is 0 Å². The van der Waals surface area contributed by atoms with Crippen LogP contribution in [0.4, 0.5) is 0 Å². The molecule has 3 heterocycles. The number of nitrogens with one attached hydrogen (secondary N) is 1. The molecule has 30 heavy (non-hydrogen) atoms. The van der Waals surface area contributed by atoms with Crippen LogP contribution in [0.1, 0.15) is 49.4 Å². The third kappa shape index (κ3) is 3.65. The molecule has 1 saturated heterocycles. The van der Waals surface area contributed by atoms with Crippen molar-refractivity contribution in [1.82, 2.24) is 19.4 Å². The van der Waals surface area contributed by atoms with Gasteiger partial charge in [-0.15, -0.1) is 0 Å². The Morgan fingerprint density at radius 2 is 2.00 bits per heavy atom. The lowest BCUT2D eigenvalue weighted by molar-refractivity contribution is 0.0948. The van der Waals surface area contributed by atoms with E-state index in [4.69, 9.17) is 0 Å². The third-order valence-corrected chi connectivity index (χ3v) is 6.59. The second-order valence-corrected chi connectivity index (χ2v) is 8.46. The summed E-state index contributed by atoms with van der Waals surface area (Å²) in [6.07, 6.45) is 7.71. The molecule has 1 aliphatic heterocycles. The van der Waals surface area contributed by atoms with E-state index in [1.165, 1.54) is 36.8 Å². The minimum atomic E-state index is -0.113. The predicted octanol–water partition coefficient (Wildman–Crippen LogP) is 3.41. The van der Waals surface area contributed by atoms with E-state index in [0.29, 0.717) is 23.7 Å². The lowest BCUT2D eigenvalue weighted by Crippen LogP contribution is -2.40. The van der Waals surface area contributed by atoms with E-state index >= 15 is 0 Å². The number of aromatic nitrogens is 2. The van der Waals surface area contributed by atoms with Crippen molar-refractivity contribution in [2.24, 2.45) is 14.1 Å². The van der Waals surface area contributed by atoms with Crippen molar-refractivity contribution >= 4 is 27.7 Å². The second-order valence-electron chi connectivity index (χ2n) is 8.46. The number of hydrogen-bond acceptors (Lipinski definition) is 3. The molecular formula is C24H32N4O2. The molecule has 0 aliphatic carbocycles. The number of benzene rings is 1. The Bertz CT molecular complexity index is 1130. The van der Waals surface area contributed by atoms with Crippen LogP contribution >= 0.6 is 0 Å². The summed E-state index contributed by atoms with van der Waals surface area (Å²) in [4.78, 5) is 28.5. The molecule has 1 fully saturated rings. The minimum absolute atomic E-state index is 0.0871. The highest BCUT2D eigenvalue weighted by atomic mass is 16.2. The topological polar surface area (TPSA) is 59.3 Å². The molecule has 1 amide bonds. The summed E-state index contributed by atoms with van der Waals surface area (Å²) in [6, 6.07) is 8.56. The molecule has 4 rings (SSSR count). The number of carbonyl (C=O) groups is 1. The summed E-state index contributed by atoms with van der Waals surface area (Å²) >= 11 is 0. The van der Waals surface area contributed by atoms with Crippen LogP contribution < -0.4 is 10.9 Å². The van der Waals surface area contributed by atoms with E-state index < -0.39 is 0 Å². The summed E-state index contributed by atoms with van der Waals surface area (Å²) in [7, 11) is 3.59. The van der Waals surface area contributed by atoms with Crippen molar-refractivity contribution in [3.8, 4) is 0 Å². The maximum Gasteiger partial charge on any atom is 0.274 e. The van der Waals surface area contributed by atoms with Crippen molar-refractivity contribution in [2.45, 2.75) is 45.1 Å². The van der Waals surface area contributed by atoms with Crippen LogP contribution in [0.25, 0.3) is 21.8 Å². The summed E-state index contributed by atoms with van der Waals surface area (Å²) < 4.78 is 3.40. The smallest absolute Gasteiger partial charge is 0.274 e. The first-order valence-corrected chi connectivity index (χ1v) is 11.1. The average Bonchev–Trinajstić information content (AvgIpc) is 3.07. The molecule has 6 nitrogen and oxygen atoms in total. The fraction of sp³-hybridized carbons (Fsp3) is 0.500. The number of piperidine rings is 1. The molecule has 160 valence electrons. The van der Waals surface area contributed by atoms with E-state index in [-0.39, 0.29) is 11.5 Å². The average molecular weight is 409 g/mol. The van der Waals surface area contributed by atoms with Gasteiger partial charge in [0, 0.05) is 55.7 Å². The molecule has 1 atom stereocenters. The minimum Gasteiger partial charge on any atom is -0.352 e. The Morgan fingerprint density at radius 1 is 1.20 bits per heavy atom. The van der Waals surface area contributed by atoms with Crippen molar-refractivity contribution in [3.05, 3.63) is 46.4 Å². The SMILES string of the molecule is CC[C@H]1CCCCN1CCCNC(=O)c1cn(C)c(=O)c2c1c1ccccc1n2C. The van der Waals surface area contributed by atoms with E-state index in [0.717, 1.165) is 29.3 Å². The molecule has 1 N–H and O–H groups in total. The largest absolute Gasteiger partial charge is 0.352 e. The lowest BCUT2D eigenvalue weighted by Gasteiger charge is -2.35. The van der Waals surface area contributed by atoms with Gasteiger partial charge in [0.05, 0.1) is 5.56 Å². The zero-order valence-electron chi connectivity index (χ0n) is 18.3. The number of likely N-dealkylation sites (tertiary alicyclic amines) is 1. The lowest BCUT2D eigenvalue weighted by atomic mass is 10.00. The zero-order valence-corrected chi connectivity index (χ0v) is 18.3. The Labute approximate surface area is 177 Å². The molecule has 0 saturated carbocycles. The van der Waals surface area contributed by atoms with Crippen LogP contribution in [-0.2, 0) is 14.1 Å². The first-order valence-electron chi connectivity index (χ1n) is 11.1. The molecule has 0 bridgehead atoms. The number of para-hydroxylation sites is 1. The van der Waals surface area contributed by atoms with Crippen LogP contribution in [0.2, 0.25) is 0 Å². The molecule has 0 spiro atoms. The monoisotopic (exact) mass is 408 g/mol. The van der Waals surface area contributed by atoms with Crippen LogP contribution in [0.3, 0.4) is 0 Å². The Kier molecular flexibility index (Phi) is 5.95. The molecule has 1 aromatic carbocycles. The summed E-state index contributed by atoms with van der Waals surface area (Å²) in [5.41, 5.74) is 2.01. The fourth-order valence-corrected chi connectivity index (χ4v) is 4.97. The van der Waals surface area contributed by atoms with E-state index in [1.807, 2.05) is 35.9 Å². The summed E-state index contributed by atoms with van der Waals surface area (Å²) in [5, 5.41) is 4.78. The number of aryl methyl sites for hydroxylation is 2. The van der Waals surface area contributed by atoms with Crippen LogP contribution in [0.5, 0.6) is 0 Å². The van der Waals surface area contributed by atoms with Gasteiger partial charge in [0.2, 0.25) is 0 Å². The predicted molar refractivity (Wildman–Crippen MR) is 122 cm³/mol. The highest BCUT2D eigenvalue weighted by Crippen LogP contribution is 2.28. The van der Waals surface area contributed by atoms with E-state index in [1.54, 1.807) is 13.2 Å². The van der Waals surface area contributed by atoms with E-state index in [2.05, 4.69) is 17.1 Å². The van der Waals surface area contributed by atoms with Crippen LogP contribution in [0, 0.1) is 0 Å². The zero-order chi connectivity index (χ0) is 21.3. The molecule has 2 aromatic heterocycles. The first-order chi connectivity index (χ1) is 14.5. The third-order valence-electron chi connectivity index (χ3n) is 6.59. The van der Waals surface area contributed by atoms with Gasteiger partial charge in [0.1, 0.15) is 5.52 Å². The van der Waals surface area contributed by atoms with Crippen molar-refractivity contribution < 1.29 is 4.79 Å². The number of rotatable bonds is 6. The molecule has 6 heteroatoms. The first kappa shape index (κ1) is 20.7. The van der Waals surface area contributed by atoms with Gasteiger partial charge in [-0.3, -0.25) is 9.59 Å². The number of carbonyl (C=O) groups excluding carboxylic acids is 1. The number of hydrogen-bond donors (Lipinski definition) is 1. The summed E-state index contributed by atoms with van der Waals surface area (Å²) in [6.45, 7) is 5.10. The Hall–Kier alpha value is -2.60. The number of amides is 1. The van der Waals surface area contributed by atoms with Gasteiger partial charge < -0.3 is 19.4 Å². The fourth-order valence-electron chi connectivity index (χ4n) is 4.97. The molecule has 1 aliphatic rings. The maximum absolute atomic E-state index is 13.1. The van der Waals surface area contributed by atoms with Gasteiger partial charge in [-0.25, -0.2) is 0 Å². The van der Waals surface area contributed by atoms with Crippen molar-refractivity contribution in [1.29, 1.82) is 0 Å². The quantitative estimate of drug-likeness (QED) is 0.636. The molecular weight excluding hydrogens is 376 g/mol.